The predicted molar refractivity (Wildman–Crippen MR) is 133 cm³/mol. The van der Waals surface area contributed by atoms with Crippen LogP contribution in [-0.2, 0) is 29.2 Å². The van der Waals surface area contributed by atoms with Gasteiger partial charge in [-0.2, -0.15) is 13.2 Å². The third-order valence-corrected chi connectivity index (χ3v) is 6.66. The third-order valence-electron chi connectivity index (χ3n) is 3.83. The number of hydrogen-bond acceptors (Lipinski definition) is 12. The van der Waals surface area contributed by atoms with Crippen LogP contribution in [0.4, 0.5) is 18.3 Å². The Morgan fingerprint density at radius 1 is 1.19 bits per heavy atom. The lowest BCUT2D eigenvalue weighted by Crippen LogP contribution is -2.28. The van der Waals surface area contributed by atoms with Crippen LogP contribution in [0.2, 0.25) is 0 Å². The lowest BCUT2D eigenvalue weighted by Gasteiger charge is -2.15. The number of hydrogen-bond donors (Lipinski definition) is 5. The van der Waals surface area contributed by atoms with Crippen molar-refractivity contribution < 1.29 is 33.1 Å². The maximum Gasteiger partial charge on any atom is 0.493 e. The number of aliphatic hydroxyl groups excluding tert-OH is 1. The van der Waals surface area contributed by atoms with E-state index in [1.165, 1.54) is 54.0 Å². The van der Waals surface area contributed by atoms with Crippen LogP contribution in [0.1, 0.15) is 16.3 Å². The van der Waals surface area contributed by atoms with Crippen molar-refractivity contribution >= 4 is 52.4 Å². The van der Waals surface area contributed by atoms with E-state index in [-0.39, 0.29) is 29.9 Å². The molecular weight excluding hydrogens is 541 g/mol. The Balaban J connectivity index is 0.000000339. The van der Waals surface area contributed by atoms with Gasteiger partial charge in [0.05, 0.1) is 29.4 Å². The zero-order valence-corrected chi connectivity index (χ0v) is 21.6. The Morgan fingerprint density at radius 2 is 1.86 bits per heavy atom. The van der Waals surface area contributed by atoms with Gasteiger partial charge in [0.2, 0.25) is 6.41 Å². The van der Waals surface area contributed by atoms with Gasteiger partial charge in [0.15, 0.2) is 5.13 Å². The molecule has 0 aliphatic heterocycles. The molecule has 1 amide bonds. The minimum absolute atomic E-state index is 0.109. The number of carbonyl (C=O) groups is 2. The van der Waals surface area contributed by atoms with Gasteiger partial charge < -0.3 is 26.3 Å². The van der Waals surface area contributed by atoms with Crippen molar-refractivity contribution in [1.29, 1.82) is 0 Å². The number of nitrogens with one attached hydrogen (secondary N) is 2. The van der Waals surface area contributed by atoms with Crippen LogP contribution in [0.25, 0.3) is 10.6 Å². The number of nitrogens with two attached hydrogens (primary N) is 1. The summed E-state index contributed by atoms with van der Waals surface area (Å²) in [7, 11) is 3.31. The lowest BCUT2D eigenvalue weighted by molar-refractivity contribution is -0.298. The van der Waals surface area contributed by atoms with Crippen molar-refractivity contribution in [1.82, 2.24) is 19.8 Å². The molecule has 0 spiro atoms. The molecule has 0 saturated carbocycles. The molecule has 0 fully saturated rings. The van der Waals surface area contributed by atoms with E-state index in [2.05, 4.69) is 26.3 Å². The van der Waals surface area contributed by atoms with Crippen molar-refractivity contribution in [2.75, 3.05) is 19.4 Å². The summed E-state index contributed by atoms with van der Waals surface area (Å²) in [6, 6.07) is 5.86. The second-order valence-corrected chi connectivity index (χ2v) is 9.12. The number of alkyl halides is 3. The summed E-state index contributed by atoms with van der Waals surface area (Å²) in [5.41, 5.74) is 6.74. The number of rotatable bonds is 10. The second kappa shape index (κ2) is 16.2. The number of hydroxylamine groups is 1. The number of nitrogens with zero attached hydrogens (tertiary/aromatic N) is 3. The summed E-state index contributed by atoms with van der Waals surface area (Å²) in [6.07, 6.45) is -3.25. The van der Waals surface area contributed by atoms with Crippen LogP contribution in [0.5, 0.6) is 0 Å². The van der Waals surface area contributed by atoms with Crippen LogP contribution in [0, 0.1) is 0 Å². The molecule has 198 valence electrons. The average Bonchev–Trinajstić information content (AvgIpc) is 3.52. The molecule has 0 aliphatic rings. The summed E-state index contributed by atoms with van der Waals surface area (Å²) >= 11 is 3.04. The van der Waals surface area contributed by atoms with Gasteiger partial charge >= 0.3 is 6.30 Å². The van der Waals surface area contributed by atoms with E-state index < -0.39 is 10.8 Å². The van der Waals surface area contributed by atoms with Crippen LogP contribution in [0.15, 0.2) is 34.5 Å². The quantitative estimate of drug-likeness (QED) is 0.107. The van der Waals surface area contributed by atoms with E-state index in [4.69, 9.17) is 10.3 Å². The third kappa shape index (κ3) is 10.2. The van der Waals surface area contributed by atoms with Gasteiger partial charge in [0, 0.05) is 23.7 Å². The number of aromatic nitrogens is 2. The van der Waals surface area contributed by atoms with E-state index in [0.29, 0.717) is 29.8 Å². The summed E-state index contributed by atoms with van der Waals surface area (Å²) in [5.74, 6) is 0. The van der Waals surface area contributed by atoms with Gasteiger partial charge in [-0.05, 0) is 41.2 Å². The zero-order valence-electron chi connectivity index (χ0n) is 19.2. The predicted octanol–water partition coefficient (Wildman–Crippen LogP) is 3.27. The van der Waals surface area contributed by atoms with E-state index >= 15 is 0 Å². The molecule has 6 N–H and O–H groups in total. The molecule has 0 radical (unpaired) electrons. The van der Waals surface area contributed by atoms with Crippen molar-refractivity contribution in [2.45, 2.75) is 30.8 Å². The van der Waals surface area contributed by atoms with Gasteiger partial charge in [0.1, 0.15) is 11.3 Å². The number of halogens is 3. The normalized spacial score (nSPS) is 10.6. The highest BCUT2D eigenvalue weighted by Crippen LogP contribution is 2.33. The zero-order chi connectivity index (χ0) is 27.1. The molecule has 3 aromatic rings. The first kappa shape index (κ1) is 31.4. The van der Waals surface area contributed by atoms with Crippen LogP contribution in [0.3, 0.4) is 0 Å². The highest BCUT2D eigenvalue weighted by Gasteiger charge is 2.37. The smallest absolute Gasteiger partial charge is 0.389 e. The first-order chi connectivity index (χ1) is 17.2. The summed E-state index contributed by atoms with van der Waals surface area (Å²) in [6.45, 7) is 0.226. The molecule has 2 aromatic heterocycles. The minimum Gasteiger partial charge on any atom is -0.389 e. The van der Waals surface area contributed by atoms with Gasteiger partial charge in [-0.15, -0.1) is 22.7 Å². The topological polar surface area (TPSA) is 154 Å². The molecule has 3 rings (SSSR count). The number of amides is 1. The second-order valence-electron chi connectivity index (χ2n) is 6.17. The molecular formula is C20H25F3N6O4S3. The maximum absolute atomic E-state index is 11.9. The Labute approximate surface area is 217 Å². The molecule has 16 heteroatoms. The minimum atomic E-state index is -4.80. The van der Waals surface area contributed by atoms with Crippen molar-refractivity contribution in [3.8, 4) is 10.6 Å². The van der Waals surface area contributed by atoms with Crippen molar-refractivity contribution in [3.63, 3.8) is 0 Å². The number of thiazole rings is 2. The summed E-state index contributed by atoms with van der Waals surface area (Å²) in [4.78, 5) is 30.3. The SMILES string of the molecule is CN.CNc1nc(-c2sc(CO)nc2CNC=O)cs1.O=CCc1ccc(SN(O)C(F)(F)F)cc1. The number of anilines is 1. The molecule has 36 heavy (non-hydrogen) atoms. The van der Waals surface area contributed by atoms with Crippen LogP contribution >= 0.6 is 34.6 Å². The van der Waals surface area contributed by atoms with Gasteiger partial charge in [-0.1, -0.05) is 12.1 Å². The standard InChI is InChI=1S/C10H12N4O2S2.C9H8F3NO2S.CH5N/c1-11-10-14-7(4-17-10)9-6(2-12-5-16)13-8(3-15)18-9;10-9(11,12)13(15)16-8-3-1-7(2-4-8)5-6-14;1-2/h4-5,15H,2-3H2,1H3,(H,11,14)(H,12,16);1-4,6,15H,5H2;2H2,1H3. The molecule has 0 aliphatic carbocycles. The highest BCUT2D eigenvalue weighted by atomic mass is 32.2. The first-order valence-corrected chi connectivity index (χ1v) is 12.4. The van der Waals surface area contributed by atoms with Crippen LogP contribution < -0.4 is 16.4 Å². The van der Waals surface area contributed by atoms with Gasteiger partial charge in [-0.25, -0.2) is 9.97 Å². The fourth-order valence-electron chi connectivity index (χ4n) is 2.35. The monoisotopic (exact) mass is 566 g/mol. The average molecular weight is 567 g/mol. The Bertz CT molecular complexity index is 1060. The van der Waals surface area contributed by atoms with Gasteiger partial charge in [-0.3, -0.25) is 10.0 Å². The number of carbonyl (C=O) groups excluding carboxylic acids is 2. The first-order valence-electron chi connectivity index (χ1n) is 9.96. The van der Waals surface area contributed by atoms with Gasteiger partial charge in [0.25, 0.3) is 0 Å². The molecule has 10 nitrogen and oxygen atoms in total. The van der Waals surface area contributed by atoms with E-state index in [9.17, 15) is 22.8 Å². The van der Waals surface area contributed by atoms with Crippen molar-refractivity contribution in [3.05, 3.63) is 45.9 Å². The van der Waals surface area contributed by atoms with Crippen LogP contribution in [-0.4, -0.2) is 57.8 Å². The molecule has 0 atom stereocenters. The number of benzene rings is 1. The number of aliphatic hydroxyl groups is 1. The fourth-order valence-corrected chi connectivity index (χ4v) is 4.55. The number of aldehydes is 1. The molecule has 2 heterocycles. The van der Waals surface area contributed by atoms with E-state index in [0.717, 1.165) is 21.4 Å². The van der Waals surface area contributed by atoms with E-state index in [1.54, 1.807) is 0 Å². The largest absolute Gasteiger partial charge is 0.493 e. The fraction of sp³-hybridized carbons (Fsp3) is 0.300. The Kier molecular flexibility index (Phi) is 14.1. The maximum atomic E-state index is 11.9. The van der Waals surface area contributed by atoms with Crippen molar-refractivity contribution in [2.24, 2.45) is 5.73 Å². The Morgan fingerprint density at radius 3 is 2.36 bits per heavy atom. The highest BCUT2D eigenvalue weighted by molar-refractivity contribution is 7.96. The molecule has 0 saturated heterocycles. The lowest BCUT2D eigenvalue weighted by atomic mass is 10.2. The summed E-state index contributed by atoms with van der Waals surface area (Å²) < 4.78 is 35.1. The van der Waals surface area contributed by atoms with E-state index in [1.807, 2.05) is 12.4 Å². The molecule has 0 unspecified atom stereocenters. The molecule has 1 aromatic carbocycles. The molecule has 0 bridgehead atoms. The Hall–Kier alpha value is -2.60. The summed E-state index contributed by atoms with van der Waals surface area (Å²) in [5, 5.41) is 26.7.